The van der Waals surface area contributed by atoms with Crippen molar-refractivity contribution in [2.75, 3.05) is 0 Å². The predicted molar refractivity (Wildman–Crippen MR) is 94.8 cm³/mol. The van der Waals surface area contributed by atoms with Gasteiger partial charge in [0.25, 0.3) is 6.43 Å². The highest BCUT2D eigenvalue weighted by Crippen LogP contribution is 3.02. The molecule has 0 unspecified atom stereocenters. The number of amides is 1. The second-order valence-electron chi connectivity index (χ2n) is 6.58. The molecular weight excluding hydrogens is 488 g/mol. The molecule has 15 heteroatoms. The summed E-state index contributed by atoms with van der Waals surface area (Å²) in [5, 5.41) is 10.7. The van der Waals surface area contributed by atoms with Gasteiger partial charge in [-0.3, -0.25) is 4.79 Å². The molecule has 5 nitrogen and oxygen atoms in total. The third-order valence-corrected chi connectivity index (χ3v) is 6.28. The molecular formula is C15H9Cl2F7N4OS. The van der Waals surface area contributed by atoms with Gasteiger partial charge in [0, 0.05) is 5.56 Å². The number of hydrogen-bond donors (Lipinski definition) is 1. The summed E-state index contributed by atoms with van der Waals surface area (Å²) in [4.78, 5) is 9.37. The number of nitrogens with two attached hydrogens (primary N) is 1. The summed E-state index contributed by atoms with van der Waals surface area (Å²) in [5.41, 5.74) is 0.672. The van der Waals surface area contributed by atoms with Gasteiger partial charge in [-0.05, 0) is 25.0 Å². The highest BCUT2D eigenvalue weighted by Gasteiger charge is 2.65. The van der Waals surface area contributed by atoms with Crippen LogP contribution in [0.3, 0.4) is 0 Å². The molecule has 3 rings (SSSR count). The lowest BCUT2D eigenvalue weighted by Crippen LogP contribution is -2.30. The second kappa shape index (κ2) is 5.95. The van der Waals surface area contributed by atoms with E-state index >= 15 is 0 Å². The van der Waals surface area contributed by atoms with Gasteiger partial charge in [0.2, 0.25) is 5.91 Å². The van der Waals surface area contributed by atoms with E-state index in [1.54, 1.807) is 0 Å². The van der Waals surface area contributed by atoms with Crippen LogP contribution in [-0.4, -0.2) is 15.7 Å². The molecule has 0 radical (unpaired) electrons. The molecule has 30 heavy (non-hydrogen) atoms. The van der Waals surface area contributed by atoms with Crippen molar-refractivity contribution in [3.8, 4) is 11.8 Å². The molecule has 0 spiro atoms. The molecule has 1 aliphatic rings. The second-order valence-corrected chi connectivity index (χ2v) is 9.81. The van der Waals surface area contributed by atoms with E-state index < -0.39 is 65.6 Å². The Morgan fingerprint density at radius 3 is 2.03 bits per heavy atom. The standard InChI is InChI=1S/C15H9Cl2F7N4OS/c16-7-3-6(30(20,21,22,23)24)4-8(17)11(7)28-12(13(18)19)10(9(5-25)27-28)15(1-2-15)14(26)29/h3-4,13H,1-2H2,(H2,26,29). The van der Waals surface area contributed by atoms with Gasteiger partial charge in [0.05, 0.1) is 15.5 Å². The Bertz CT molecular complexity index is 1110. The van der Waals surface area contributed by atoms with Crippen molar-refractivity contribution in [3.05, 3.63) is 39.1 Å². The van der Waals surface area contributed by atoms with Crippen LogP contribution < -0.4 is 5.73 Å². The summed E-state index contributed by atoms with van der Waals surface area (Å²) >= 11 is 11.4. The molecule has 0 atom stereocenters. The van der Waals surface area contributed by atoms with Crippen molar-refractivity contribution < 1.29 is 33.0 Å². The Balaban J connectivity index is 2.35. The number of primary amides is 1. The normalized spacial score (nSPS) is 17.9. The molecule has 1 aromatic carbocycles. The number of aromatic nitrogens is 2. The van der Waals surface area contributed by atoms with Gasteiger partial charge >= 0.3 is 10.2 Å². The van der Waals surface area contributed by atoms with Crippen LogP contribution in [0.4, 0.5) is 28.2 Å². The van der Waals surface area contributed by atoms with Crippen molar-refractivity contribution in [1.82, 2.24) is 9.78 Å². The monoisotopic (exact) mass is 496 g/mol. The molecule has 2 aromatic rings. The Morgan fingerprint density at radius 2 is 1.70 bits per heavy atom. The SMILES string of the molecule is N#Cc1nn(-c2c(Cl)cc(S(F)(F)(F)(F)F)cc2Cl)c(C(F)F)c1C1(C(N)=O)CC1. The molecule has 1 aromatic heterocycles. The number of hydrogen-bond acceptors (Lipinski definition) is 3. The number of nitriles is 1. The lowest BCUT2D eigenvalue weighted by Gasteiger charge is -2.40. The van der Waals surface area contributed by atoms with Gasteiger partial charge in [-0.2, -0.15) is 10.4 Å². The molecule has 164 valence electrons. The van der Waals surface area contributed by atoms with Crippen LogP contribution >= 0.6 is 33.4 Å². The topological polar surface area (TPSA) is 84.7 Å². The van der Waals surface area contributed by atoms with Crippen LogP contribution in [-0.2, 0) is 10.2 Å². The van der Waals surface area contributed by atoms with Crippen LogP contribution in [0.25, 0.3) is 5.69 Å². The maximum Gasteiger partial charge on any atom is 0.310 e. The minimum absolute atomic E-state index is 0.0348. The van der Waals surface area contributed by atoms with Crippen molar-refractivity contribution in [2.45, 2.75) is 29.6 Å². The van der Waals surface area contributed by atoms with Crippen molar-refractivity contribution in [1.29, 1.82) is 5.26 Å². The number of benzene rings is 1. The smallest absolute Gasteiger partial charge is 0.310 e. The van der Waals surface area contributed by atoms with Gasteiger partial charge in [-0.25, -0.2) is 13.5 Å². The van der Waals surface area contributed by atoms with E-state index in [9.17, 15) is 38.3 Å². The average molecular weight is 497 g/mol. The third kappa shape index (κ3) is 3.57. The lowest BCUT2D eigenvalue weighted by molar-refractivity contribution is -0.120. The zero-order valence-electron chi connectivity index (χ0n) is 14.3. The number of halogens is 9. The summed E-state index contributed by atoms with van der Waals surface area (Å²) < 4.78 is 93.4. The van der Waals surface area contributed by atoms with E-state index in [1.165, 1.54) is 6.07 Å². The Hall–Kier alpha value is -2.17. The fraction of sp³-hybridized carbons (Fsp3) is 0.267. The maximum absolute atomic E-state index is 13.9. The molecule has 1 fully saturated rings. The molecule has 0 bridgehead atoms. The van der Waals surface area contributed by atoms with Crippen LogP contribution in [0.5, 0.6) is 0 Å². The van der Waals surface area contributed by atoms with E-state index in [4.69, 9.17) is 28.9 Å². The summed E-state index contributed by atoms with van der Waals surface area (Å²) in [6.45, 7) is 0. The minimum Gasteiger partial charge on any atom is -0.369 e. The minimum atomic E-state index is -10.2. The Kier molecular flexibility index (Phi) is 4.47. The van der Waals surface area contributed by atoms with E-state index in [2.05, 4.69) is 5.10 Å². The molecule has 0 aliphatic heterocycles. The van der Waals surface area contributed by atoms with Gasteiger partial charge in [0.15, 0.2) is 5.69 Å². The number of nitrogens with zero attached hydrogens (tertiary/aromatic N) is 3. The first kappa shape index (κ1) is 22.5. The first-order valence-electron chi connectivity index (χ1n) is 7.78. The first-order valence-corrected chi connectivity index (χ1v) is 10.5. The number of carbonyl (C=O) groups excluding carboxylic acids is 1. The Morgan fingerprint density at radius 1 is 1.20 bits per heavy atom. The number of alkyl halides is 2. The fourth-order valence-electron chi connectivity index (χ4n) is 3.07. The lowest BCUT2D eigenvalue weighted by atomic mass is 9.93. The van der Waals surface area contributed by atoms with E-state index in [1.807, 2.05) is 0 Å². The number of carbonyl (C=O) groups is 1. The van der Waals surface area contributed by atoms with E-state index in [-0.39, 0.29) is 29.7 Å². The molecule has 1 amide bonds. The van der Waals surface area contributed by atoms with E-state index in [0.29, 0.717) is 0 Å². The summed E-state index contributed by atoms with van der Waals surface area (Å²) in [6.07, 6.45) is -3.33. The van der Waals surface area contributed by atoms with Gasteiger partial charge in [-0.1, -0.05) is 42.6 Å². The van der Waals surface area contributed by atoms with Gasteiger partial charge in [0.1, 0.15) is 22.3 Å². The van der Waals surface area contributed by atoms with Crippen LogP contribution in [0.15, 0.2) is 17.0 Å². The van der Waals surface area contributed by atoms with Crippen LogP contribution in [0, 0.1) is 11.3 Å². The summed E-state index contributed by atoms with van der Waals surface area (Å²) in [7, 11) is -10.2. The van der Waals surface area contributed by atoms with Crippen molar-refractivity contribution >= 4 is 39.3 Å². The molecule has 0 saturated heterocycles. The zero-order valence-corrected chi connectivity index (χ0v) is 16.6. The van der Waals surface area contributed by atoms with Crippen molar-refractivity contribution in [2.24, 2.45) is 5.73 Å². The third-order valence-electron chi connectivity index (χ3n) is 4.58. The summed E-state index contributed by atoms with van der Waals surface area (Å²) in [6, 6.07) is 1.17. The summed E-state index contributed by atoms with van der Waals surface area (Å²) in [5.74, 6) is -1.01. The average Bonchev–Trinajstić information content (AvgIpc) is 3.27. The van der Waals surface area contributed by atoms with Gasteiger partial charge in [-0.15, -0.1) is 0 Å². The highest BCUT2D eigenvalue weighted by atomic mass is 35.5. The highest BCUT2D eigenvalue weighted by molar-refractivity contribution is 8.45. The predicted octanol–water partition coefficient (Wildman–Crippen LogP) is 6.16. The van der Waals surface area contributed by atoms with Crippen LogP contribution in [0.2, 0.25) is 10.0 Å². The molecule has 2 N–H and O–H groups in total. The zero-order chi connectivity index (χ0) is 22.9. The Labute approximate surface area is 173 Å². The molecule has 1 saturated carbocycles. The van der Waals surface area contributed by atoms with Crippen molar-refractivity contribution in [3.63, 3.8) is 0 Å². The van der Waals surface area contributed by atoms with Crippen LogP contribution in [0.1, 0.15) is 36.2 Å². The molecule has 1 heterocycles. The maximum atomic E-state index is 13.9. The fourth-order valence-corrected chi connectivity index (χ4v) is 4.52. The van der Waals surface area contributed by atoms with E-state index in [0.717, 1.165) is 0 Å². The van der Waals surface area contributed by atoms with Gasteiger partial charge < -0.3 is 5.73 Å². The quantitative estimate of drug-likeness (QED) is 0.502. The number of rotatable bonds is 5. The first-order chi connectivity index (χ1) is 13.4. The largest absolute Gasteiger partial charge is 0.369 e. The molecule has 1 aliphatic carbocycles.